The number of H-pyrrole nitrogens is 1. The van der Waals surface area contributed by atoms with Gasteiger partial charge in [-0.05, 0) is 12.1 Å². The normalized spacial score (nSPS) is 19.5. The van der Waals surface area contributed by atoms with Gasteiger partial charge < -0.3 is 19.9 Å². The summed E-state index contributed by atoms with van der Waals surface area (Å²) in [6.07, 6.45) is 1.49. The molecule has 0 radical (unpaired) electrons. The van der Waals surface area contributed by atoms with Crippen LogP contribution in [0.15, 0.2) is 23.1 Å². The van der Waals surface area contributed by atoms with Crippen LogP contribution in [0.5, 0.6) is 0 Å². The molecule has 6 nitrogen and oxygen atoms in total. The van der Waals surface area contributed by atoms with Crippen LogP contribution in [0, 0.1) is 0 Å². The summed E-state index contributed by atoms with van der Waals surface area (Å²) in [5, 5.41) is 3.20. The van der Waals surface area contributed by atoms with Crippen molar-refractivity contribution in [3.63, 3.8) is 0 Å². The molecule has 1 aliphatic rings. The van der Waals surface area contributed by atoms with Gasteiger partial charge in [-0.3, -0.25) is 9.59 Å². The number of carbonyl (C=O) groups is 1. The molecule has 0 bridgehead atoms. The number of ether oxygens (including phenoxy) is 1. The summed E-state index contributed by atoms with van der Waals surface area (Å²) >= 11 is 0. The van der Waals surface area contributed by atoms with Crippen molar-refractivity contribution in [2.24, 2.45) is 0 Å². The Bertz CT molecular complexity index is 466. The number of pyridine rings is 1. The summed E-state index contributed by atoms with van der Waals surface area (Å²) in [5.74, 6) is -0.286. The van der Waals surface area contributed by atoms with Gasteiger partial charge in [0.15, 0.2) is 0 Å². The Balaban J connectivity index is 2.00. The highest BCUT2D eigenvalue weighted by Gasteiger charge is 2.20. The first-order valence-electron chi connectivity index (χ1n) is 5.94. The van der Waals surface area contributed by atoms with Crippen molar-refractivity contribution in [1.82, 2.24) is 15.2 Å². The Hall–Kier alpha value is -1.66. The molecular formula is C12H17N3O3. The van der Waals surface area contributed by atoms with E-state index in [1.165, 1.54) is 17.2 Å². The largest absolute Gasteiger partial charge is 0.374 e. The average Bonchev–Trinajstić information content (AvgIpc) is 2.39. The van der Waals surface area contributed by atoms with Gasteiger partial charge in [-0.1, -0.05) is 0 Å². The van der Waals surface area contributed by atoms with Crippen molar-refractivity contribution in [1.29, 1.82) is 0 Å². The van der Waals surface area contributed by atoms with E-state index in [1.54, 1.807) is 13.1 Å². The number of aromatic amines is 1. The topological polar surface area (TPSA) is 74.4 Å². The maximum absolute atomic E-state index is 12.1. The summed E-state index contributed by atoms with van der Waals surface area (Å²) < 4.78 is 5.52. The van der Waals surface area contributed by atoms with Crippen LogP contribution < -0.4 is 10.9 Å². The molecule has 2 N–H and O–H groups in total. The van der Waals surface area contributed by atoms with Gasteiger partial charge in [0.05, 0.1) is 12.7 Å². The second kappa shape index (κ2) is 5.79. The van der Waals surface area contributed by atoms with Gasteiger partial charge in [0.2, 0.25) is 0 Å². The number of nitrogens with one attached hydrogen (secondary N) is 2. The third kappa shape index (κ3) is 2.96. The Labute approximate surface area is 105 Å². The number of carbonyl (C=O) groups excluding carboxylic acids is 1. The zero-order chi connectivity index (χ0) is 13.0. The Kier molecular flexibility index (Phi) is 4.11. The molecular weight excluding hydrogens is 234 g/mol. The van der Waals surface area contributed by atoms with E-state index in [4.69, 9.17) is 4.74 Å². The third-order valence-electron chi connectivity index (χ3n) is 2.88. The van der Waals surface area contributed by atoms with E-state index in [0.717, 1.165) is 13.1 Å². The highest BCUT2D eigenvalue weighted by molar-refractivity contribution is 5.93. The summed E-state index contributed by atoms with van der Waals surface area (Å²) in [7, 11) is 1.67. The van der Waals surface area contributed by atoms with Crippen molar-refractivity contribution < 1.29 is 9.53 Å². The van der Waals surface area contributed by atoms with Gasteiger partial charge >= 0.3 is 0 Å². The molecule has 0 aliphatic carbocycles. The van der Waals surface area contributed by atoms with Crippen LogP contribution in [0.2, 0.25) is 0 Å². The Morgan fingerprint density at radius 1 is 1.61 bits per heavy atom. The van der Waals surface area contributed by atoms with Crippen molar-refractivity contribution in [2.45, 2.75) is 6.10 Å². The van der Waals surface area contributed by atoms with E-state index < -0.39 is 0 Å². The van der Waals surface area contributed by atoms with E-state index in [-0.39, 0.29) is 23.1 Å². The van der Waals surface area contributed by atoms with E-state index >= 15 is 0 Å². The van der Waals surface area contributed by atoms with E-state index in [2.05, 4.69) is 10.3 Å². The lowest BCUT2D eigenvalue weighted by atomic mass is 10.2. The molecule has 2 rings (SSSR count). The molecule has 0 aromatic carbocycles. The van der Waals surface area contributed by atoms with Crippen LogP contribution in [-0.4, -0.2) is 55.2 Å². The zero-order valence-corrected chi connectivity index (χ0v) is 10.3. The molecule has 1 unspecified atom stereocenters. The van der Waals surface area contributed by atoms with E-state index in [9.17, 15) is 9.59 Å². The van der Waals surface area contributed by atoms with E-state index in [0.29, 0.717) is 13.2 Å². The molecule has 1 aromatic heterocycles. The van der Waals surface area contributed by atoms with Crippen molar-refractivity contribution >= 4 is 5.91 Å². The van der Waals surface area contributed by atoms with Gasteiger partial charge in [-0.25, -0.2) is 0 Å². The molecule has 18 heavy (non-hydrogen) atoms. The lowest BCUT2D eigenvalue weighted by molar-refractivity contribution is 0.0103. The minimum atomic E-state index is -0.364. The number of likely N-dealkylation sites (N-methyl/N-ethyl adjacent to an activating group) is 1. The van der Waals surface area contributed by atoms with Crippen LogP contribution in [0.25, 0.3) is 0 Å². The first-order chi connectivity index (χ1) is 8.68. The predicted molar refractivity (Wildman–Crippen MR) is 66.6 cm³/mol. The van der Waals surface area contributed by atoms with Gasteiger partial charge in [0.1, 0.15) is 5.56 Å². The molecule has 1 aromatic rings. The quantitative estimate of drug-likeness (QED) is 0.755. The number of aromatic nitrogens is 1. The smallest absolute Gasteiger partial charge is 0.260 e. The predicted octanol–water partition coefficient (Wildman–Crippen LogP) is -0.565. The van der Waals surface area contributed by atoms with Gasteiger partial charge in [-0.2, -0.15) is 0 Å². The fraction of sp³-hybridized carbons (Fsp3) is 0.500. The molecule has 1 atom stereocenters. The van der Waals surface area contributed by atoms with Crippen LogP contribution >= 0.6 is 0 Å². The van der Waals surface area contributed by atoms with Crippen molar-refractivity contribution in [3.8, 4) is 0 Å². The van der Waals surface area contributed by atoms with Gasteiger partial charge in [0, 0.05) is 32.9 Å². The second-order valence-corrected chi connectivity index (χ2v) is 4.30. The van der Waals surface area contributed by atoms with Crippen molar-refractivity contribution in [3.05, 3.63) is 34.2 Å². The second-order valence-electron chi connectivity index (χ2n) is 4.30. The van der Waals surface area contributed by atoms with Crippen LogP contribution in [0.4, 0.5) is 0 Å². The highest BCUT2D eigenvalue weighted by Crippen LogP contribution is 2.02. The summed E-state index contributed by atoms with van der Waals surface area (Å²) in [6, 6.07) is 3.17. The minimum absolute atomic E-state index is 0.0181. The molecule has 98 valence electrons. The van der Waals surface area contributed by atoms with Gasteiger partial charge in [0.25, 0.3) is 11.5 Å². The summed E-state index contributed by atoms with van der Waals surface area (Å²) in [6.45, 7) is 2.69. The summed E-state index contributed by atoms with van der Waals surface area (Å²) in [5.41, 5.74) is -0.208. The first-order valence-corrected chi connectivity index (χ1v) is 5.94. The maximum Gasteiger partial charge on any atom is 0.260 e. The maximum atomic E-state index is 12.1. The molecule has 6 heteroatoms. The number of hydrogen-bond acceptors (Lipinski definition) is 4. The zero-order valence-electron chi connectivity index (χ0n) is 10.3. The van der Waals surface area contributed by atoms with E-state index in [1.807, 2.05) is 0 Å². The van der Waals surface area contributed by atoms with Crippen LogP contribution in [0.3, 0.4) is 0 Å². The average molecular weight is 251 g/mol. The molecule has 1 saturated heterocycles. The molecule has 1 fully saturated rings. The third-order valence-corrected chi connectivity index (χ3v) is 2.88. The number of morpholine rings is 1. The molecule has 0 saturated carbocycles. The Morgan fingerprint density at radius 3 is 3.11 bits per heavy atom. The standard InChI is InChI=1S/C12H17N3O3/c1-15(8-9-7-13-5-6-18-9)12(17)10-3-2-4-14-11(10)16/h2-4,9,13H,5-8H2,1H3,(H,14,16). The SMILES string of the molecule is CN(CC1CNCCO1)C(=O)c1ccc[nH]c1=O. The number of amides is 1. The lowest BCUT2D eigenvalue weighted by Gasteiger charge is -2.27. The minimum Gasteiger partial charge on any atom is -0.374 e. The van der Waals surface area contributed by atoms with Gasteiger partial charge in [-0.15, -0.1) is 0 Å². The fourth-order valence-corrected chi connectivity index (χ4v) is 1.92. The van der Waals surface area contributed by atoms with Crippen LogP contribution in [-0.2, 0) is 4.74 Å². The number of hydrogen-bond donors (Lipinski definition) is 2. The molecule has 2 heterocycles. The molecule has 1 aliphatic heterocycles. The first kappa shape index (κ1) is 12.8. The molecule has 0 spiro atoms. The number of nitrogens with zero attached hydrogens (tertiary/aromatic N) is 1. The lowest BCUT2D eigenvalue weighted by Crippen LogP contribution is -2.46. The highest BCUT2D eigenvalue weighted by atomic mass is 16.5. The summed E-state index contributed by atoms with van der Waals surface area (Å²) in [4.78, 5) is 27.6. The molecule has 1 amide bonds. The fourth-order valence-electron chi connectivity index (χ4n) is 1.92. The van der Waals surface area contributed by atoms with Crippen molar-refractivity contribution in [2.75, 3.05) is 33.3 Å². The Morgan fingerprint density at radius 2 is 2.44 bits per heavy atom. The monoisotopic (exact) mass is 251 g/mol. The van der Waals surface area contributed by atoms with Crippen LogP contribution in [0.1, 0.15) is 10.4 Å². The number of rotatable bonds is 3.